The summed E-state index contributed by atoms with van der Waals surface area (Å²) in [7, 11) is 0. The number of likely N-dealkylation sites (tertiary alicyclic amines) is 1. The minimum atomic E-state index is 0.940. The summed E-state index contributed by atoms with van der Waals surface area (Å²) in [5.74, 6) is 0.940. The maximum absolute atomic E-state index is 3.56. The maximum atomic E-state index is 3.56. The van der Waals surface area contributed by atoms with E-state index in [2.05, 4.69) is 48.3 Å². The highest BCUT2D eigenvalue weighted by Crippen LogP contribution is 2.15. The van der Waals surface area contributed by atoms with E-state index in [9.17, 15) is 0 Å². The van der Waals surface area contributed by atoms with E-state index >= 15 is 0 Å². The molecule has 2 heteroatoms. The second-order valence-electron chi connectivity index (χ2n) is 5.98. The SMILES string of the molecule is Cc1ccccc1CNCCCN1CCC(C)CC1. The summed E-state index contributed by atoms with van der Waals surface area (Å²) in [5, 5.41) is 3.56. The normalized spacial score (nSPS) is 17.8. The Morgan fingerprint density at radius 1 is 1.21 bits per heavy atom. The van der Waals surface area contributed by atoms with Crippen molar-refractivity contribution in [3.05, 3.63) is 35.4 Å². The number of nitrogens with zero attached hydrogens (tertiary/aromatic N) is 1. The lowest BCUT2D eigenvalue weighted by atomic mass is 9.99. The monoisotopic (exact) mass is 260 g/mol. The van der Waals surface area contributed by atoms with Gasteiger partial charge >= 0.3 is 0 Å². The van der Waals surface area contributed by atoms with Crippen molar-refractivity contribution in [2.24, 2.45) is 5.92 Å². The Kier molecular flexibility index (Phi) is 5.87. The van der Waals surface area contributed by atoms with Crippen molar-refractivity contribution in [3.8, 4) is 0 Å². The Hall–Kier alpha value is -0.860. The molecule has 0 radical (unpaired) electrons. The number of piperidine rings is 1. The predicted molar refractivity (Wildman–Crippen MR) is 82.3 cm³/mol. The molecule has 2 rings (SSSR count). The molecule has 1 N–H and O–H groups in total. The number of aryl methyl sites for hydroxylation is 1. The molecule has 19 heavy (non-hydrogen) atoms. The fraction of sp³-hybridized carbons (Fsp3) is 0.647. The van der Waals surface area contributed by atoms with Gasteiger partial charge in [0.2, 0.25) is 0 Å². The topological polar surface area (TPSA) is 15.3 Å². The van der Waals surface area contributed by atoms with E-state index in [4.69, 9.17) is 0 Å². The quantitative estimate of drug-likeness (QED) is 0.790. The summed E-state index contributed by atoms with van der Waals surface area (Å²) >= 11 is 0. The zero-order valence-electron chi connectivity index (χ0n) is 12.5. The molecule has 1 aliphatic rings. The molecule has 0 aromatic heterocycles. The van der Waals surface area contributed by atoms with Crippen LogP contribution in [0.25, 0.3) is 0 Å². The van der Waals surface area contributed by atoms with Gasteiger partial charge in [0.05, 0.1) is 0 Å². The minimum absolute atomic E-state index is 0.940. The Bertz CT molecular complexity index is 367. The molecule has 1 aromatic rings. The van der Waals surface area contributed by atoms with Gasteiger partial charge in [0.1, 0.15) is 0 Å². The van der Waals surface area contributed by atoms with Crippen molar-refractivity contribution >= 4 is 0 Å². The van der Waals surface area contributed by atoms with E-state index in [1.807, 2.05) is 0 Å². The first kappa shape index (κ1) is 14.5. The molecule has 0 spiro atoms. The van der Waals surface area contributed by atoms with Crippen LogP contribution in [-0.4, -0.2) is 31.1 Å². The van der Waals surface area contributed by atoms with Crippen LogP contribution in [-0.2, 0) is 6.54 Å². The van der Waals surface area contributed by atoms with Gasteiger partial charge in [-0.3, -0.25) is 0 Å². The highest BCUT2D eigenvalue weighted by atomic mass is 15.1. The zero-order chi connectivity index (χ0) is 13.5. The Balaban J connectivity index is 1.56. The maximum Gasteiger partial charge on any atom is 0.0208 e. The van der Waals surface area contributed by atoms with Crippen LogP contribution in [0.1, 0.15) is 37.3 Å². The zero-order valence-corrected chi connectivity index (χ0v) is 12.5. The van der Waals surface area contributed by atoms with Gasteiger partial charge in [-0.2, -0.15) is 0 Å². The number of hydrogen-bond donors (Lipinski definition) is 1. The van der Waals surface area contributed by atoms with Crippen molar-refractivity contribution < 1.29 is 0 Å². The van der Waals surface area contributed by atoms with Gasteiger partial charge in [-0.05, 0) is 69.4 Å². The van der Waals surface area contributed by atoms with Crippen LogP contribution < -0.4 is 5.32 Å². The molecule has 0 unspecified atom stereocenters. The van der Waals surface area contributed by atoms with E-state index in [0.29, 0.717) is 0 Å². The predicted octanol–water partition coefficient (Wildman–Crippen LogP) is 3.21. The third kappa shape index (κ3) is 4.96. The molecule has 1 heterocycles. The fourth-order valence-electron chi connectivity index (χ4n) is 2.74. The van der Waals surface area contributed by atoms with Crippen molar-refractivity contribution in [1.29, 1.82) is 0 Å². The third-order valence-electron chi connectivity index (χ3n) is 4.28. The average Bonchev–Trinajstić information content (AvgIpc) is 2.42. The average molecular weight is 260 g/mol. The van der Waals surface area contributed by atoms with Crippen LogP contribution in [0, 0.1) is 12.8 Å². The molecule has 0 bridgehead atoms. The van der Waals surface area contributed by atoms with Crippen LogP contribution in [0.3, 0.4) is 0 Å². The highest BCUT2D eigenvalue weighted by molar-refractivity contribution is 5.25. The lowest BCUT2D eigenvalue weighted by Crippen LogP contribution is -2.34. The Morgan fingerprint density at radius 3 is 2.68 bits per heavy atom. The second kappa shape index (κ2) is 7.66. The largest absolute Gasteiger partial charge is 0.313 e. The lowest BCUT2D eigenvalue weighted by Gasteiger charge is -2.30. The molecule has 106 valence electrons. The molecule has 0 atom stereocenters. The van der Waals surface area contributed by atoms with Crippen LogP contribution in [0.15, 0.2) is 24.3 Å². The van der Waals surface area contributed by atoms with E-state index < -0.39 is 0 Å². The molecule has 1 saturated heterocycles. The van der Waals surface area contributed by atoms with Gasteiger partial charge < -0.3 is 10.2 Å². The summed E-state index contributed by atoms with van der Waals surface area (Å²) < 4.78 is 0. The van der Waals surface area contributed by atoms with Crippen molar-refractivity contribution in [3.63, 3.8) is 0 Å². The van der Waals surface area contributed by atoms with Gasteiger partial charge in [-0.15, -0.1) is 0 Å². The van der Waals surface area contributed by atoms with Gasteiger partial charge in [0.25, 0.3) is 0 Å². The molecule has 0 amide bonds. The summed E-state index contributed by atoms with van der Waals surface area (Å²) in [6, 6.07) is 8.63. The number of benzene rings is 1. The van der Waals surface area contributed by atoms with E-state index in [0.717, 1.165) is 19.0 Å². The molecule has 2 nitrogen and oxygen atoms in total. The van der Waals surface area contributed by atoms with Gasteiger partial charge in [-0.1, -0.05) is 31.2 Å². The molecule has 0 saturated carbocycles. The van der Waals surface area contributed by atoms with Crippen LogP contribution in [0.2, 0.25) is 0 Å². The summed E-state index contributed by atoms with van der Waals surface area (Å²) in [6.45, 7) is 10.6. The standard InChI is InChI=1S/C17H28N2/c1-15-8-12-19(13-9-15)11-5-10-18-14-17-7-4-3-6-16(17)2/h3-4,6-7,15,18H,5,8-14H2,1-2H3. The van der Waals surface area contributed by atoms with Crippen LogP contribution >= 0.6 is 0 Å². The van der Waals surface area contributed by atoms with Crippen LogP contribution in [0.5, 0.6) is 0 Å². The second-order valence-corrected chi connectivity index (χ2v) is 5.98. The fourth-order valence-corrected chi connectivity index (χ4v) is 2.74. The van der Waals surface area contributed by atoms with Crippen LogP contribution in [0.4, 0.5) is 0 Å². The summed E-state index contributed by atoms with van der Waals surface area (Å²) in [5.41, 5.74) is 2.81. The summed E-state index contributed by atoms with van der Waals surface area (Å²) in [4.78, 5) is 2.62. The smallest absolute Gasteiger partial charge is 0.0208 e. The third-order valence-corrected chi connectivity index (χ3v) is 4.28. The molecule has 0 aliphatic carbocycles. The van der Waals surface area contributed by atoms with E-state index in [1.165, 1.54) is 50.0 Å². The van der Waals surface area contributed by atoms with Crippen molar-refractivity contribution in [2.75, 3.05) is 26.2 Å². The number of hydrogen-bond acceptors (Lipinski definition) is 2. The van der Waals surface area contributed by atoms with Gasteiger partial charge in [-0.25, -0.2) is 0 Å². The Morgan fingerprint density at radius 2 is 1.95 bits per heavy atom. The molecule has 1 aromatic carbocycles. The number of rotatable bonds is 6. The first-order valence-electron chi connectivity index (χ1n) is 7.73. The number of nitrogens with one attached hydrogen (secondary N) is 1. The summed E-state index contributed by atoms with van der Waals surface area (Å²) in [6.07, 6.45) is 4.04. The molecular weight excluding hydrogens is 232 g/mol. The first-order chi connectivity index (χ1) is 9.25. The minimum Gasteiger partial charge on any atom is -0.313 e. The van der Waals surface area contributed by atoms with Crippen molar-refractivity contribution in [1.82, 2.24) is 10.2 Å². The van der Waals surface area contributed by atoms with Crippen molar-refractivity contribution in [2.45, 2.75) is 39.7 Å². The molecule has 1 aliphatic heterocycles. The van der Waals surface area contributed by atoms with Gasteiger partial charge in [0, 0.05) is 6.54 Å². The molecule has 1 fully saturated rings. The Labute approximate surface area is 118 Å². The first-order valence-corrected chi connectivity index (χ1v) is 7.73. The highest BCUT2D eigenvalue weighted by Gasteiger charge is 2.14. The van der Waals surface area contributed by atoms with E-state index in [1.54, 1.807) is 0 Å². The molecular formula is C17H28N2. The lowest BCUT2D eigenvalue weighted by molar-refractivity contribution is 0.190. The van der Waals surface area contributed by atoms with Gasteiger partial charge in [0.15, 0.2) is 0 Å². The van der Waals surface area contributed by atoms with E-state index in [-0.39, 0.29) is 0 Å².